The van der Waals surface area contributed by atoms with E-state index >= 15 is 0 Å². The first-order valence-corrected chi connectivity index (χ1v) is 7.08. The van der Waals surface area contributed by atoms with Crippen LogP contribution in [0.15, 0.2) is 42.5 Å². The Bertz CT molecular complexity index is 615. The Kier molecular flexibility index (Phi) is 3.31. The van der Waals surface area contributed by atoms with Crippen molar-refractivity contribution in [1.82, 2.24) is 0 Å². The molecule has 3 rings (SSSR count). The molecule has 0 saturated carbocycles. The van der Waals surface area contributed by atoms with Gasteiger partial charge in [0.2, 0.25) is 5.91 Å². The van der Waals surface area contributed by atoms with Crippen molar-refractivity contribution in [3.05, 3.63) is 64.7 Å². The monoisotopic (exact) mass is 265 g/mol. The van der Waals surface area contributed by atoms with E-state index in [0.717, 1.165) is 18.5 Å². The van der Waals surface area contributed by atoms with E-state index in [0.29, 0.717) is 0 Å². The van der Waals surface area contributed by atoms with Gasteiger partial charge < -0.3 is 5.32 Å². The van der Waals surface area contributed by atoms with Gasteiger partial charge in [-0.3, -0.25) is 4.79 Å². The minimum atomic E-state index is 0.0632. The first-order chi connectivity index (χ1) is 9.61. The van der Waals surface area contributed by atoms with Crippen LogP contribution in [0.2, 0.25) is 0 Å². The van der Waals surface area contributed by atoms with Crippen LogP contribution in [-0.4, -0.2) is 5.91 Å². The van der Waals surface area contributed by atoms with E-state index in [1.807, 2.05) is 38.1 Å². The highest BCUT2D eigenvalue weighted by Gasteiger charge is 2.26. The van der Waals surface area contributed by atoms with Gasteiger partial charge in [0.05, 0.1) is 0 Å². The first-order valence-electron chi connectivity index (χ1n) is 7.08. The van der Waals surface area contributed by atoms with Crippen LogP contribution in [0.25, 0.3) is 0 Å². The molecule has 0 bridgehead atoms. The highest BCUT2D eigenvalue weighted by molar-refractivity contribution is 5.93. The summed E-state index contributed by atoms with van der Waals surface area (Å²) in [5.74, 6) is 0.194. The third kappa shape index (κ3) is 2.60. The second kappa shape index (κ2) is 5.12. The fourth-order valence-electron chi connectivity index (χ4n) is 3.04. The Hall–Kier alpha value is -2.09. The molecule has 20 heavy (non-hydrogen) atoms. The lowest BCUT2D eigenvalue weighted by molar-refractivity contribution is -0.119. The van der Waals surface area contributed by atoms with Crippen molar-refractivity contribution in [2.24, 2.45) is 5.92 Å². The molecule has 102 valence electrons. The van der Waals surface area contributed by atoms with E-state index in [2.05, 4.69) is 23.5 Å². The van der Waals surface area contributed by atoms with Crippen LogP contribution in [0.5, 0.6) is 0 Å². The van der Waals surface area contributed by atoms with E-state index in [9.17, 15) is 4.79 Å². The molecule has 0 spiro atoms. The molecular formula is C18H19NO. The van der Waals surface area contributed by atoms with Gasteiger partial charge in [0.15, 0.2) is 0 Å². The molecule has 2 heteroatoms. The molecule has 1 amide bonds. The topological polar surface area (TPSA) is 29.1 Å². The van der Waals surface area contributed by atoms with E-state index < -0.39 is 0 Å². The number of benzene rings is 2. The molecule has 1 aliphatic rings. The van der Waals surface area contributed by atoms with Gasteiger partial charge >= 0.3 is 0 Å². The van der Waals surface area contributed by atoms with Crippen molar-refractivity contribution in [1.29, 1.82) is 0 Å². The summed E-state index contributed by atoms with van der Waals surface area (Å²) in [7, 11) is 0. The SMILES string of the molecule is Cc1cc(C)cc(NC(=O)C2Cc3ccccc3C2)c1. The summed E-state index contributed by atoms with van der Waals surface area (Å²) in [5, 5.41) is 3.06. The third-order valence-corrected chi connectivity index (χ3v) is 3.91. The normalized spacial score (nSPS) is 14.1. The van der Waals surface area contributed by atoms with Gasteiger partial charge in [-0.15, -0.1) is 0 Å². The number of anilines is 1. The van der Waals surface area contributed by atoms with Crippen LogP contribution in [0.3, 0.4) is 0 Å². The van der Waals surface area contributed by atoms with Crippen molar-refractivity contribution in [2.45, 2.75) is 26.7 Å². The molecule has 0 atom stereocenters. The summed E-state index contributed by atoms with van der Waals surface area (Å²) >= 11 is 0. The van der Waals surface area contributed by atoms with Crippen molar-refractivity contribution in [2.75, 3.05) is 5.32 Å². The quantitative estimate of drug-likeness (QED) is 0.882. The summed E-state index contributed by atoms with van der Waals surface area (Å²) < 4.78 is 0. The standard InChI is InChI=1S/C18H19NO/c1-12-7-13(2)9-17(8-12)19-18(20)16-10-14-5-3-4-6-15(14)11-16/h3-9,16H,10-11H2,1-2H3,(H,19,20). The number of amides is 1. The van der Waals surface area contributed by atoms with Gasteiger partial charge in [-0.05, 0) is 61.1 Å². The predicted octanol–water partition coefficient (Wildman–Crippen LogP) is 3.66. The Morgan fingerprint density at radius 3 is 2.10 bits per heavy atom. The molecule has 1 aliphatic carbocycles. The van der Waals surface area contributed by atoms with E-state index in [1.165, 1.54) is 22.3 Å². The van der Waals surface area contributed by atoms with Crippen LogP contribution < -0.4 is 5.32 Å². The fraction of sp³-hybridized carbons (Fsp3) is 0.278. The Morgan fingerprint density at radius 2 is 1.55 bits per heavy atom. The molecule has 0 heterocycles. The van der Waals surface area contributed by atoms with Crippen molar-refractivity contribution < 1.29 is 4.79 Å². The fourth-order valence-corrected chi connectivity index (χ4v) is 3.04. The van der Waals surface area contributed by atoms with Gasteiger partial charge in [0.1, 0.15) is 0 Å². The van der Waals surface area contributed by atoms with Gasteiger partial charge in [-0.2, -0.15) is 0 Å². The lowest BCUT2D eigenvalue weighted by Gasteiger charge is -2.11. The average Bonchev–Trinajstić information content (AvgIpc) is 2.81. The van der Waals surface area contributed by atoms with Gasteiger partial charge in [0, 0.05) is 11.6 Å². The molecule has 0 unspecified atom stereocenters. The van der Waals surface area contributed by atoms with Crippen LogP contribution >= 0.6 is 0 Å². The van der Waals surface area contributed by atoms with Crippen molar-refractivity contribution in [3.63, 3.8) is 0 Å². The Labute approximate surface area is 119 Å². The number of fused-ring (bicyclic) bond motifs is 1. The average molecular weight is 265 g/mol. The zero-order chi connectivity index (χ0) is 14.1. The van der Waals surface area contributed by atoms with Crippen molar-refractivity contribution >= 4 is 11.6 Å². The molecule has 1 N–H and O–H groups in total. The summed E-state index contributed by atoms with van der Waals surface area (Å²) in [6.07, 6.45) is 1.71. The molecule has 0 aliphatic heterocycles. The molecule has 0 saturated heterocycles. The second-order valence-corrected chi connectivity index (χ2v) is 5.74. The number of rotatable bonds is 2. The van der Waals surface area contributed by atoms with E-state index in [-0.39, 0.29) is 11.8 Å². The maximum absolute atomic E-state index is 12.4. The lowest BCUT2D eigenvalue weighted by atomic mass is 10.0. The van der Waals surface area contributed by atoms with E-state index in [4.69, 9.17) is 0 Å². The van der Waals surface area contributed by atoms with Crippen LogP contribution in [0.4, 0.5) is 5.69 Å². The van der Waals surface area contributed by atoms with Gasteiger partial charge in [-0.25, -0.2) is 0 Å². The molecular weight excluding hydrogens is 246 g/mol. The minimum Gasteiger partial charge on any atom is -0.326 e. The highest BCUT2D eigenvalue weighted by Crippen LogP contribution is 2.27. The Balaban J connectivity index is 1.72. The molecule has 0 fully saturated rings. The number of hydrogen-bond donors (Lipinski definition) is 1. The number of carbonyl (C=O) groups is 1. The minimum absolute atomic E-state index is 0.0632. The third-order valence-electron chi connectivity index (χ3n) is 3.91. The van der Waals surface area contributed by atoms with Crippen LogP contribution in [0, 0.1) is 19.8 Å². The first kappa shape index (κ1) is 12.9. The molecule has 2 nitrogen and oxygen atoms in total. The zero-order valence-corrected chi connectivity index (χ0v) is 11.9. The second-order valence-electron chi connectivity index (χ2n) is 5.74. The van der Waals surface area contributed by atoms with Crippen LogP contribution in [0.1, 0.15) is 22.3 Å². The maximum Gasteiger partial charge on any atom is 0.228 e. The molecule has 0 radical (unpaired) electrons. The molecule has 0 aromatic heterocycles. The van der Waals surface area contributed by atoms with Gasteiger partial charge in [-0.1, -0.05) is 30.3 Å². The molecule has 2 aromatic carbocycles. The largest absolute Gasteiger partial charge is 0.326 e. The number of hydrogen-bond acceptors (Lipinski definition) is 1. The zero-order valence-electron chi connectivity index (χ0n) is 11.9. The van der Waals surface area contributed by atoms with Gasteiger partial charge in [0.25, 0.3) is 0 Å². The summed E-state index contributed by atoms with van der Waals surface area (Å²) in [6, 6.07) is 14.5. The lowest BCUT2D eigenvalue weighted by Crippen LogP contribution is -2.23. The number of carbonyl (C=O) groups excluding carboxylic acids is 1. The molecule has 2 aromatic rings. The highest BCUT2D eigenvalue weighted by atomic mass is 16.1. The summed E-state index contributed by atoms with van der Waals surface area (Å²) in [5.41, 5.74) is 5.88. The summed E-state index contributed by atoms with van der Waals surface area (Å²) in [4.78, 5) is 12.4. The Morgan fingerprint density at radius 1 is 1.00 bits per heavy atom. The number of nitrogens with one attached hydrogen (secondary N) is 1. The maximum atomic E-state index is 12.4. The van der Waals surface area contributed by atoms with Crippen molar-refractivity contribution in [3.8, 4) is 0 Å². The predicted molar refractivity (Wildman–Crippen MR) is 81.9 cm³/mol. The summed E-state index contributed by atoms with van der Waals surface area (Å²) in [6.45, 7) is 4.10. The van der Waals surface area contributed by atoms with Crippen LogP contribution in [-0.2, 0) is 17.6 Å². The van der Waals surface area contributed by atoms with E-state index in [1.54, 1.807) is 0 Å². The number of aryl methyl sites for hydroxylation is 2. The smallest absolute Gasteiger partial charge is 0.228 e.